The zero-order chi connectivity index (χ0) is 20.2. The normalized spacial score (nSPS) is 15.9. The van der Waals surface area contributed by atoms with Crippen molar-refractivity contribution in [2.45, 2.75) is 6.92 Å². The van der Waals surface area contributed by atoms with Crippen molar-refractivity contribution in [1.29, 1.82) is 0 Å². The molecule has 0 aliphatic carbocycles. The molecule has 0 aromatic heterocycles. The molecular weight excluding hydrogens is 368 g/mol. The van der Waals surface area contributed by atoms with Crippen LogP contribution in [0.25, 0.3) is 6.08 Å². The van der Waals surface area contributed by atoms with Gasteiger partial charge in [-0.2, -0.15) is 0 Å². The second-order valence-electron chi connectivity index (χ2n) is 7.07. The van der Waals surface area contributed by atoms with Gasteiger partial charge in [0.1, 0.15) is 23.9 Å². The summed E-state index contributed by atoms with van der Waals surface area (Å²) >= 11 is 0. The molecule has 1 amide bonds. The summed E-state index contributed by atoms with van der Waals surface area (Å²) < 4.78 is 16.6. The largest absolute Gasteiger partial charge is 0.497 e. The Morgan fingerprint density at radius 3 is 2.45 bits per heavy atom. The number of carbonyl (C=O) groups excluding carboxylic acids is 1. The number of methoxy groups -OCH3 is 1. The van der Waals surface area contributed by atoms with Crippen LogP contribution in [0.5, 0.6) is 17.2 Å². The van der Waals surface area contributed by atoms with Gasteiger partial charge in [0.05, 0.1) is 19.3 Å². The maximum Gasteiger partial charge on any atom is 0.253 e. The minimum Gasteiger partial charge on any atom is -0.497 e. The highest BCUT2D eigenvalue weighted by molar-refractivity contribution is 5.99. The summed E-state index contributed by atoms with van der Waals surface area (Å²) in [6, 6.07) is 13.7. The Hall–Kier alpha value is -3.15. The molecule has 1 fully saturated rings. The standard InChI is InChI=1S/C23H26N2O4/c1-3-28-21-8-9-22-17(15-21)14-18(16-29-22)23(26)25-12-10-24(11-13-25)19-4-6-20(27-2)7-5-19/h4-9,14-15H,3,10-13,16H2,1-2H3. The summed E-state index contributed by atoms with van der Waals surface area (Å²) in [6.07, 6.45) is 1.93. The van der Waals surface area contributed by atoms with E-state index < -0.39 is 0 Å². The van der Waals surface area contributed by atoms with Gasteiger partial charge >= 0.3 is 0 Å². The fraction of sp³-hybridized carbons (Fsp3) is 0.348. The number of rotatable bonds is 5. The summed E-state index contributed by atoms with van der Waals surface area (Å²) in [5, 5.41) is 0. The lowest BCUT2D eigenvalue weighted by atomic mass is 10.1. The Morgan fingerprint density at radius 2 is 1.76 bits per heavy atom. The molecule has 0 bridgehead atoms. The first-order valence-electron chi connectivity index (χ1n) is 9.96. The quantitative estimate of drug-likeness (QED) is 0.779. The van der Waals surface area contributed by atoms with Gasteiger partial charge in [0, 0.05) is 37.4 Å². The van der Waals surface area contributed by atoms with Crippen LogP contribution in [0.2, 0.25) is 0 Å². The lowest BCUT2D eigenvalue weighted by molar-refractivity contribution is -0.127. The number of hydrogen-bond acceptors (Lipinski definition) is 5. The lowest BCUT2D eigenvalue weighted by Gasteiger charge is -2.36. The summed E-state index contributed by atoms with van der Waals surface area (Å²) in [6.45, 7) is 5.84. The van der Waals surface area contributed by atoms with Gasteiger partial charge in [0.25, 0.3) is 5.91 Å². The summed E-state index contributed by atoms with van der Waals surface area (Å²) in [4.78, 5) is 17.2. The van der Waals surface area contributed by atoms with Crippen LogP contribution in [0.1, 0.15) is 12.5 Å². The monoisotopic (exact) mass is 394 g/mol. The molecule has 4 rings (SSSR count). The van der Waals surface area contributed by atoms with Crippen molar-refractivity contribution in [3.63, 3.8) is 0 Å². The zero-order valence-electron chi connectivity index (χ0n) is 16.9. The van der Waals surface area contributed by atoms with Crippen molar-refractivity contribution in [2.24, 2.45) is 0 Å². The van der Waals surface area contributed by atoms with Crippen LogP contribution in [-0.2, 0) is 4.79 Å². The highest BCUT2D eigenvalue weighted by Crippen LogP contribution is 2.31. The van der Waals surface area contributed by atoms with E-state index in [9.17, 15) is 4.79 Å². The number of nitrogens with zero attached hydrogens (tertiary/aromatic N) is 2. The van der Waals surface area contributed by atoms with E-state index in [1.54, 1.807) is 7.11 Å². The van der Waals surface area contributed by atoms with Gasteiger partial charge in [-0.3, -0.25) is 4.79 Å². The van der Waals surface area contributed by atoms with Crippen molar-refractivity contribution in [2.75, 3.05) is 51.4 Å². The summed E-state index contributed by atoms with van der Waals surface area (Å²) in [5.41, 5.74) is 2.72. The number of fused-ring (bicyclic) bond motifs is 1. The Balaban J connectivity index is 1.41. The Labute approximate surface area is 171 Å². The van der Waals surface area contributed by atoms with Gasteiger partial charge in [-0.15, -0.1) is 0 Å². The molecule has 0 radical (unpaired) electrons. The molecule has 0 saturated carbocycles. The van der Waals surface area contributed by atoms with E-state index in [0.717, 1.165) is 41.6 Å². The maximum atomic E-state index is 13.0. The van der Waals surface area contributed by atoms with Crippen LogP contribution in [-0.4, -0.2) is 57.3 Å². The Bertz CT molecular complexity index is 900. The van der Waals surface area contributed by atoms with Gasteiger partial charge < -0.3 is 24.0 Å². The molecule has 2 heterocycles. The molecule has 1 saturated heterocycles. The Morgan fingerprint density at radius 1 is 1.03 bits per heavy atom. The fourth-order valence-electron chi connectivity index (χ4n) is 3.70. The number of carbonyl (C=O) groups is 1. The second-order valence-corrected chi connectivity index (χ2v) is 7.07. The average molecular weight is 394 g/mol. The third kappa shape index (κ3) is 4.16. The van der Waals surface area contributed by atoms with Crippen molar-refractivity contribution < 1.29 is 19.0 Å². The number of piperazine rings is 1. The van der Waals surface area contributed by atoms with Gasteiger partial charge in [-0.25, -0.2) is 0 Å². The molecule has 0 N–H and O–H groups in total. The third-order valence-corrected chi connectivity index (χ3v) is 5.28. The molecule has 0 atom stereocenters. The first-order chi connectivity index (χ1) is 14.2. The van der Waals surface area contributed by atoms with Crippen molar-refractivity contribution >= 4 is 17.7 Å². The zero-order valence-corrected chi connectivity index (χ0v) is 16.9. The number of hydrogen-bond donors (Lipinski definition) is 0. The molecule has 2 aromatic carbocycles. The van der Waals surface area contributed by atoms with E-state index in [1.165, 1.54) is 0 Å². The second kappa shape index (κ2) is 8.47. The molecular formula is C23H26N2O4. The number of benzene rings is 2. The van der Waals surface area contributed by atoms with Crippen LogP contribution in [0.3, 0.4) is 0 Å². The molecule has 2 aliphatic heterocycles. The average Bonchev–Trinajstić information content (AvgIpc) is 2.78. The van der Waals surface area contributed by atoms with Gasteiger partial charge in [0.2, 0.25) is 0 Å². The van der Waals surface area contributed by atoms with Gasteiger partial charge in [-0.05, 0) is 55.5 Å². The predicted octanol–water partition coefficient (Wildman–Crippen LogP) is 3.22. The molecule has 2 aromatic rings. The molecule has 0 unspecified atom stereocenters. The van der Waals surface area contributed by atoms with Crippen LogP contribution < -0.4 is 19.1 Å². The van der Waals surface area contributed by atoms with E-state index in [1.807, 2.05) is 48.2 Å². The van der Waals surface area contributed by atoms with Crippen LogP contribution in [0.4, 0.5) is 5.69 Å². The van der Waals surface area contributed by atoms with Gasteiger partial charge in [-0.1, -0.05) is 0 Å². The first kappa shape index (κ1) is 19.2. The molecule has 29 heavy (non-hydrogen) atoms. The van der Waals surface area contributed by atoms with Crippen molar-refractivity contribution in [3.8, 4) is 17.2 Å². The summed E-state index contributed by atoms with van der Waals surface area (Å²) in [7, 11) is 1.67. The van der Waals surface area contributed by atoms with E-state index in [-0.39, 0.29) is 5.91 Å². The SMILES string of the molecule is CCOc1ccc2c(c1)C=C(C(=O)N1CCN(c3ccc(OC)cc3)CC1)CO2. The smallest absolute Gasteiger partial charge is 0.253 e. The number of anilines is 1. The molecule has 2 aliphatic rings. The minimum atomic E-state index is 0.0480. The number of amides is 1. The first-order valence-corrected chi connectivity index (χ1v) is 9.96. The highest BCUT2D eigenvalue weighted by Gasteiger charge is 2.26. The Kier molecular flexibility index (Phi) is 5.60. The van der Waals surface area contributed by atoms with E-state index in [0.29, 0.717) is 31.9 Å². The third-order valence-electron chi connectivity index (χ3n) is 5.28. The maximum absolute atomic E-state index is 13.0. The predicted molar refractivity (Wildman–Crippen MR) is 113 cm³/mol. The van der Waals surface area contributed by atoms with Crippen molar-refractivity contribution in [3.05, 3.63) is 53.6 Å². The topological polar surface area (TPSA) is 51.2 Å². The molecule has 0 spiro atoms. The van der Waals surface area contributed by atoms with Crippen LogP contribution in [0.15, 0.2) is 48.0 Å². The fourth-order valence-corrected chi connectivity index (χ4v) is 3.70. The van der Waals surface area contributed by atoms with Crippen molar-refractivity contribution in [1.82, 2.24) is 4.90 Å². The van der Waals surface area contributed by atoms with E-state index in [4.69, 9.17) is 14.2 Å². The number of ether oxygens (including phenoxy) is 3. The van der Waals surface area contributed by atoms with E-state index in [2.05, 4.69) is 17.0 Å². The van der Waals surface area contributed by atoms with Crippen LogP contribution >= 0.6 is 0 Å². The molecule has 6 heteroatoms. The lowest BCUT2D eigenvalue weighted by Crippen LogP contribution is -2.49. The molecule has 6 nitrogen and oxygen atoms in total. The highest BCUT2D eigenvalue weighted by atomic mass is 16.5. The summed E-state index contributed by atoms with van der Waals surface area (Å²) in [5.74, 6) is 2.47. The molecule has 152 valence electrons. The van der Waals surface area contributed by atoms with Gasteiger partial charge in [0.15, 0.2) is 0 Å². The van der Waals surface area contributed by atoms with E-state index >= 15 is 0 Å². The minimum absolute atomic E-state index is 0.0480. The van der Waals surface area contributed by atoms with Crippen LogP contribution in [0, 0.1) is 0 Å².